The Kier molecular flexibility index (Phi) is 8.62. The van der Waals surface area contributed by atoms with Gasteiger partial charge in [0.1, 0.15) is 0 Å². The number of nitro benzene ring substituents is 1. The van der Waals surface area contributed by atoms with E-state index in [4.69, 9.17) is 9.47 Å². The van der Waals surface area contributed by atoms with Crippen LogP contribution in [-0.4, -0.2) is 30.8 Å². The van der Waals surface area contributed by atoms with E-state index in [9.17, 15) is 14.9 Å². The Labute approximate surface area is 169 Å². The van der Waals surface area contributed by atoms with Crippen molar-refractivity contribution in [1.29, 1.82) is 0 Å². The maximum atomic E-state index is 12.0. The number of nitrogens with zero attached hydrogens (tertiary/aromatic N) is 2. The van der Waals surface area contributed by atoms with Crippen molar-refractivity contribution < 1.29 is 19.2 Å². The molecule has 2 aromatic rings. The lowest BCUT2D eigenvalue weighted by Crippen LogP contribution is -2.17. The molecular formula is C21H25N3O5. The first-order valence-electron chi connectivity index (χ1n) is 9.44. The average Bonchev–Trinajstić information content (AvgIpc) is 2.74. The predicted octanol–water partition coefficient (Wildman–Crippen LogP) is 4.33. The Morgan fingerprint density at radius 2 is 1.90 bits per heavy atom. The van der Waals surface area contributed by atoms with Gasteiger partial charge in [-0.2, -0.15) is 5.10 Å². The number of hydrogen-bond donors (Lipinski definition) is 1. The number of carbonyl (C=O) groups excluding carboxylic acids is 1. The highest BCUT2D eigenvalue weighted by molar-refractivity contribution is 5.95. The summed E-state index contributed by atoms with van der Waals surface area (Å²) in [6, 6.07) is 10.7. The van der Waals surface area contributed by atoms with Gasteiger partial charge in [-0.3, -0.25) is 14.9 Å². The molecule has 0 spiro atoms. The van der Waals surface area contributed by atoms with Crippen LogP contribution >= 0.6 is 0 Å². The summed E-state index contributed by atoms with van der Waals surface area (Å²) < 4.78 is 11.1. The first kappa shape index (κ1) is 21.9. The molecule has 2 rings (SSSR count). The maximum Gasteiger partial charge on any atom is 0.271 e. The number of methoxy groups -OCH3 is 1. The van der Waals surface area contributed by atoms with Gasteiger partial charge in [-0.25, -0.2) is 5.43 Å². The predicted molar refractivity (Wildman–Crippen MR) is 111 cm³/mol. The molecule has 0 aliphatic carbocycles. The van der Waals surface area contributed by atoms with Gasteiger partial charge in [0.25, 0.3) is 11.6 Å². The number of nitro groups is 1. The van der Waals surface area contributed by atoms with E-state index < -0.39 is 10.8 Å². The van der Waals surface area contributed by atoms with Crippen LogP contribution < -0.4 is 14.9 Å². The monoisotopic (exact) mass is 399 g/mol. The molecule has 0 heterocycles. The van der Waals surface area contributed by atoms with E-state index >= 15 is 0 Å². The van der Waals surface area contributed by atoms with Crippen molar-refractivity contribution in [3.63, 3.8) is 0 Å². The van der Waals surface area contributed by atoms with E-state index in [2.05, 4.69) is 17.5 Å². The van der Waals surface area contributed by atoms with Crippen molar-refractivity contribution in [3.05, 3.63) is 63.7 Å². The van der Waals surface area contributed by atoms with E-state index in [1.165, 1.54) is 43.3 Å². The van der Waals surface area contributed by atoms with Gasteiger partial charge in [-0.15, -0.1) is 0 Å². The molecule has 1 N–H and O–H groups in total. The summed E-state index contributed by atoms with van der Waals surface area (Å²) in [5.74, 6) is 0.789. The first-order chi connectivity index (χ1) is 14.0. The van der Waals surface area contributed by atoms with Crippen molar-refractivity contribution in [2.24, 2.45) is 5.10 Å². The molecule has 0 aliphatic rings. The van der Waals surface area contributed by atoms with Gasteiger partial charge in [0.15, 0.2) is 11.5 Å². The van der Waals surface area contributed by atoms with Crippen LogP contribution in [0.1, 0.15) is 48.5 Å². The molecule has 1 amide bonds. The Morgan fingerprint density at radius 1 is 1.14 bits per heavy atom. The van der Waals surface area contributed by atoms with Crippen molar-refractivity contribution in [1.82, 2.24) is 5.43 Å². The fourth-order valence-corrected chi connectivity index (χ4v) is 2.56. The van der Waals surface area contributed by atoms with Crippen molar-refractivity contribution in [2.45, 2.75) is 32.6 Å². The number of hydrogen-bond acceptors (Lipinski definition) is 6. The second-order valence-corrected chi connectivity index (χ2v) is 6.32. The summed E-state index contributed by atoms with van der Waals surface area (Å²) in [6.07, 6.45) is 5.99. The number of carbonyl (C=O) groups is 1. The smallest absolute Gasteiger partial charge is 0.271 e. The van der Waals surface area contributed by atoms with E-state index in [0.29, 0.717) is 18.1 Å². The standard InChI is InChI=1S/C21H25N3O5/c1-3-4-5-6-13-29-19-12-7-16(14-20(19)28-2)15-22-23-21(25)17-8-10-18(11-9-17)24(26)27/h7-12,14-15H,3-6,13H2,1-2H3,(H,23,25)/b22-15+. The molecule has 0 saturated carbocycles. The normalized spacial score (nSPS) is 10.7. The Bertz CT molecular complexity index is 850. The number of unbranched alkanes of at least 4 members (excludes halogenated alkanes) is 3. The molecule has 0 fully saturated rings. The minimum atomic E-state index is -0.522. The summed E-state index contributed by atoms with van der Waals surface area (Å²) in [5.41, 5.74) is 3.31. The lowest BCUT2D eigenvalue weighted by molar-refractivity contribution is -0.384. The van der Waals surface area contributed by atoms with Crippen LogP contribution in [0.5, 0.6) is 11.5 Å². The number of benzene rings is 2. The SMILES string of the molecule is CCCCCCOc1ccc(/C=N/NC(=O)c2ccc([N+](=O)[O-])cc2)cc1OC. The number of rotatable bonds is 11. The molecule has 154 valence electrons. The summed E-state index contributed by atoms with van der Waals surface area (Å²) in [5, 5.41) is 14.6. The second kappa shape index (κ2) is 11.4. The van der Waals surface area contributed by atoms with Gasteiger partial charge < -0.3 is 9.47 Å². The van der Waals surface area contributed by atoms with Crippen LogP contribution in [-0.2, 0) is 0 Å². The molecule has 0 aliphatic heterocycles. The highest BCUT2D eigenvalue weighted by Crippen LogP contribution is 2.27. The van der Waals surface area contributed by atoms with Crippen LogP contribution in [0.15, 0.2) is 47.6 Å². The van der Waals surface area contributed by atoms with Gasteiger partial charge in [0, 0.05) is 17.7 Å². The largest absolute Gasteiger partial charge is 0.493 e. The highest BCUT2D eigenvalue weighted by Gasteiger charge is 2.09. The summed E-state index contributed by atoms with van der Waals surface area (Å²) >= 11 is 0. The summed E-state index contributed by atoms with van der Waals surface area (Å²) in [7, 11) is 1.57. The Balaban J connectivity index is 1.92. The Morgan fingerprint density at radius 3 is 2.55 bits per heavy atom. The quantitative estimate of drug-likeness (QED) is 0.262. The van der Waals surface area contributed by atoms with Crippen LogP contribution in [0.4, 0.5) is 5.69 Å². The van der Waals surface area contributed by atoms with Gasteiger partial charge in [-0.1, -0.05) is 26.2 Å². The van der Waals surface area contributed by atoms with E-state index in [1.807, 2.05) is 6.07 Å². The lowest BCUT2D eigenvalue weighted by atomic mass is 10.2. The van der Waals surface area contributed by atoms with Crippen LogP contribution in [0.3, 0.4) is 0 Å². The van der Waals surface area contributed by atoms with Crippen molar-refractivity contribution in [2.75, 3.05) is 13.7 Å². The number of ether oxygens (including phenoxy) is 2. The molecule has 0 bridgehead atoms. The van der Waals surface area contributed by atoms with Crippen LogP contribution in [0.25, 0.3) is 0 Å². The molecule has 8 heteroatoms. The molecule has 29 heavy (non-hydrogen) atoms. The fourth-order valence-electron chi connectivity index (χ4n) is 2.56. The first-order valence-corrected chi connectivity index (χ1v) is 9.44. The van der Waals surface area contributed by atoms with Gasteiger partial charge in [-0.05, 0) is 42.3 Å². The summed E-state index contributed by atoms with van der Waals surface area (Å²) in [4.78, 5) is 22.2. The third kappa shape index (κ3) is 6.91. The van der Waals surface area contributed by atoms with Crippen LogP contribution in [0, 0.1) is 10.1 Å². The number of amides is 1. The molecule has 8 nitrogen and oxygen atoms in total. The third-order valence-corrected chi connectivity index (χ3v) is 4.16. The fraction of sp³-hybridized carbons (Fsp3) is 0.333. The molecule has 0 unspecified atom stereocenters. The van der Waals surface area contributed by atoms with Crippen molar-refractivity contribution in [3.8, 4) is 11.5 Å². The van der Waals surface area contributed by atoms with Gasteiger partial charge in [0.2, 0.25) is 0 Å². The van der Waals surface area contributed by atoms with Crippen molar-refractivity contribution >= 4 is 17.8 Å². The minimum absolute atomic E-state index is 0.0789. The zero-order chi connectivity index (χ0) is 21.1. The molecule has 0 saturated heterocycles. The number of hydrazone groups is 1. The van der Waals surface area contributed by atoms with E-state index in [0.717, 1.165) is 18.4 Å². The highest BCUT2D eigenvalue weighted by atomic mass is 16.6. The zero-order valence-electron chi connectivity index (χ0n) is 16.6. The Hall–Kier alpha value is -3.42. The van der Waals surface area contributed by atoms with Gasteiger partial charge >= 0.3 is 0 Å². The zero-order valence-corrected chi connectivity index (χ0v) is 16.6. The molecule has 0 atom stereocenters. The van der Waals surface area contributed by atoms with Crippen LogP contribution in [0.2, 0.25) is 0 Å². The van der Waals surface area contributed by atoms with E-state index in [-0.39, 0.29) is 11.3 Å². The lowest BCUT2D eigenvalue weighted by Gasteiger charge is -2.11. The third-order valence-electron chi connectivity index (χ3n) is 4.16. The average molecular weight is 399 g/mol. The molecule has 0 aromatic heterocycles. The molecular weight excluding hydrogens is 374 g/mol. The molecule has 2 aromatic carbocycles. The maximum absolute atomic E-state index is 12.0. The summed E-state index contributed by atoms with van der Waals surface area (Å²) in [6.45, 7) is 2.80. The number of non-ortho nitro benzene ring substituents is 1. The molecule has 0 radical (unpaired) electrons. The van der Waals surface area contributed by atoms with E-state index in [1.54, 1.807) is 19.2 Å². The second-order valence-electron chi connectivity index (χ2n) is 6.32. The number of nitrogens with one attached hydrogen (secondary N) is 1. The van der Waals surface area contributed by atoms with Gasteiger partial charge in [0.05, 0.1) is 24.9 Å². The minimum Gasteiger partial charge on any atom is -0.493 e. The topological polar surface area (TPSA) is 103 Å².